The lowest BCUT2D eigenvalue weighted by Gasteiger charge is -2.42. The molecule has 0 radical (unpaired) electrons. The Morgan fingerprint density at radius 3 is 2.08 bits per heavy atom. The lowest BCUT2D eigenvalue weighted by molar-refractivity contribution is 0.653. The van der Waals surface area contributed by atoms with E-state index < -0.39 is 5.41 Å². The van der Waals surface area contributed by atoms with Gasteiger partial charge in [0.1, 0.15) is 0 Å². The highest BCUT2D eigenvalue weighted by Gasteiger charge is 2.43. The minimum absolute atomic E-state index is 0.310. The van der Waals surface area contributed by atoms with Gasteiger partial charge >= 0.3 is 0 Å². The van der Waals surface area contributed by atoms with Gasteiger partial charge in [-0.05, 0) is 71.2 Å². The molecule has 8 rings (SSSR count). The van der Waals surface area contributed by atoms with Crippen molar-refractivity contribution < 1.29 is 0 Å². The van der Waals surface area contributed by atoms with Crippen molar-refractivity contribution in [2.24, 2.45) is 16.8 Å². The highest BCUT2D eigenvalue weighted by atomic mass is 14.8. The van der Waals surface area contributed by atoms with Crippen molar-refractivity contribution in [2.75, 3.05) is 0 Å². The van der Waals surface area contributed by atoms with Crippen LogP contribution in [0.2, 0.25) is 0 Å². The van der Waals surface area contributed by atoms with E-state index in [4.69, 9.17) is 4.99 Å². The Hall–Kier alpha value is -5.21. The van der Waals surface area contributed by atoms with Crippen LogP contribution < -0.4 is 10.9 Å². The number of fused-ring (bicyclic) bond motifs is 2. The maximum atomic E-state index is 5.37. The van der Waals surface area contributed by atoms with Crippen LogP contribution >= 0.6 is 0 Å². The Kier molecular flexibility index (Phi) is 8.48. The molecule has 49 heavy (non-hydrogen) atoms. The third kappa shape index (κ3) is 5.70. The lowest BCUT2D eigenvalue weighted by atomic mass is 9.47. The van der Waals surface area contributed by atoms with E-state index in [0.717, 1.165) is 18.5 Å². The van der Waals surface area contributed by atoms with E-state index in [1.165, 1.54) is 74.9 Å². The van der Waals surface area contributed by atoms with Crippen molar-refractivity contribution in [1.82, 2.24) is 0 Å². The third-order valence-corrected chi connectivity index (χ3v) is 10.8. The molecule has 1 nitrogen and oxygen atoms in total. The first-order chi connectivity index (χ1) is 24.1. The number of aliphatic imine (C=N–C) groups is 1. The quantitative estimate of drug-likeness (QED) is 0.0986. The van der Waals surface area contributed by atoms with E-state index in [2.05, 4.69) is 178 Å². The van der Waals surface area contributed by atoms with Crippen LogP contribution in [0.5, 0.6) is 0 Å². The van der Waals surface area contributed by atoms with E-state index in [-0.39, 0.29) is 0 Å². The molecule has 2 unspecified atom stereocenters. The number of hydrogen-bond acceptors (Lipinski definition) is 1. The van der Waals surface area contributed by atoms with Crippen LogP contribution in [-0.4, -0.2) is 13.0 Å². The number of allylic oxidation sites excluding steroid dienone is 7. The van der Waals surface area contributed by atoms with E-state index in [1.54, 1.807) is 0 Å². The van der Waals surface area contributed by atoms with Gasteiger partial charge < -0.3 is 0 Å². The minimum atomic E-state index is -0.420. The van der Waals surface area contributed by atoms with Gasteiger partial charge in [0.25, 0.3) is 0 Å². The second kappa shape index (κ2) is 13.4. The molecule has 5 aromatic carbocycles. The normalized spacial score (nSPS) is 20.2. The fraction of sp³-hybridized carbons (Fsp3) is 0.170. The molecule has 0 bridgehead atoms. The molecular formula is C47H42BN. The molecule has 238 valence electrons. The summed E-state index contributed by atoms with van der Waals surface area (Å²) >= 11 is 0. The van der Waals surface area contributed by atoms with Crippen molar-refractivity contribution in [2.45, 2.75) is 38.5 Å². The summed E-state index contributed by atoms with van der Waals surface area (Å²) in [5, 5.41) is 0. The summed E-state index contributed by atoms with van der Waals surface area (Å²) < 4.78 is 0. The van der Waals surface area contributed by atoms with Crippen LogP contribution in [0.3, 0.4) is 0 Å². The van der Waals surface area contributed by atoms with Crippen LogP contribution in [-0.2, 0) is 5.41 Å². The molecule has 0 aromatic heterocycles. The molecular weight excluding hydrogens is 589 g/mol. The van der Waals surface area contributed by atoms with Gasteiger partial charge in [-0.3, -0.25) is 4.99 Å². The lowest BCUT2D eigenvalue weighted by Crippen LogP contribution is -2.49. The third-order valence-electron chi connectivity index (χ3n) is 10.8. The topological polar surface area (TPSA) is 12.4 Å². The van der Waals surface area contributed by atoms with Crippen LogP contribution in [0.15, 0.2) is 174 Å². The van der Waals surface area contributed by atoms with Gasteiger partial charge in [0.15, 0.2) is 7.28 Å². The number of hydrogen-bond donors (Lipinski definition) is 0. The van der Waals surface area contributed by atoms with Crippen LogP contribution in [0.4, 0.5) is 0 Å². The molecule has 2 heteroatoms. The highest BCUT2D eigenvalue weighted by Crippen LogP contribution is 2.46. The second-order valence-electron chi connectivity index (χ2n) is 13.8. The molecule has 0 spiro atoms. The Morgan fingerprint density at radius 1 is 0.694 bits per heavy atom. The monoisotopic (exact) mass is 631 g/mol. The van der Waals surface area contributed by atoms with Crippen molar-refractivity contribution in [3.63, 3.8) is 0 Å². The molecule has 5 aromatic rings. The van der Waals surface area contributed by atoms with Crippen LogP contribution in [0.25, 0.3) is 16.8 Å². The summed E-state index contributed by atoms with van der Waals surface area (Å²) in [4.78, 5) is 5.37. The summed E-state index contributed by atoms with van der Waals surface area (Å²) in [6.07, 6.45) is 17.1. The largest absolute Gasteiger partial charge is 0.257 e. The number of rotatable bonds is 6. The average molecular weight is 632 g/mol. The van der Waals surface area contributed by atoms with Gasteiger partial charge in [0.2, 0.25) is 0 Å². The first-order valence-corrected chi connectivity index (χ1v) is 17.9. The number of benzene rings is 5. The van der Waals surface area contributed by atoms with Crippen molar-refractivity contribution >= 4 is 29.6 Å². The fourth-order valence-corrected chi connectivity index (χ4v) is 8.32. The van der Waals surface area contributed by atoms with Gasteiger partial charge in [-0.2, -0.15) is 0 Å². The van der Waals surface area contributed by atoms with Gasteiger partial charge in [-0.1, -0.05) is 176 Å². The molecule has 2 atom stereocenters. The molecule has 0 fully saturated rings. The van der Waals surface area contributed by atoms with E-state index in [0.29, 0.717) is 11.8 Å². The zero-order valence-electron chi connectivity index (χ0n) is 28.5. The zero-order chi connectivity index (χ0) is 33.2. The van der Waals surface area contributed by atoms with Gasteiger partial charge in [0, 0.05) is 23.1 Å². The van der Waals surface area contributed by atoms with E-state index in [9.17, 15) is 0 Å². The predicted octanol–water partition coefficient (Wildman–Crippen LogP) is 9.73. The highest BCUT2D eigenvalue weighted by molar-refractivity contribution is 6.69. The molecule has 1 heterocycles. The summed E-state index contributed by atoms with van der Waals surface area (Å²) in [6.45, 7) is 4.47. The van der Waals surface area contributed by atoms with Gasteiger partial charge in [-0.25, -0.2) is 0 Å². The standard InChI is InChI=1S/C47H42BN/c1-33-16-9-10-23-41(33)46(49-34(2)35-17-5-3-6-18-35)37-30-28-36(29-31-37)38-19-15-22-40(32-38)47(39-20-7-4-8-21-39)42-24-11-13-26-44(42)48-45-27-14-12-25-43(45)47/h4-5,7-17,19-33,35,48H,3,6,18H2,1-2H3/b46-41-,49-34+. The first kappa shape index (κ1) is 31.1. The summed E-state index contributed by atoms with van der Waals surface area (Å²) in [7, 11) is 0.947. The Balaban J connectivity index is 1.24. The maximum Gasteiger partial charge on any atom is 0.193 e. The Bertz CT molecular complexity index is 2100. The summed E-state index contributed by atoms with van der Waals surface area (Å²) in [5.41, 5.74) is 14.8. The molecule has 2 aliphatic carbocycles. The smallest absolute Gasteiger partial charge is 0.193 e. The summed E-state index contributed by atoms with van der Waals surface area (Å²) in [6, 6.07) is 47.5. The first-order valence-electron chi connectivity index (χ1n) is 17.9. The van der Waals surface area contributed by atoms with E-state index >= 15 is 0 Å². The van der Waals surface area contributed by atoms with E-state index in [1.807, 2.05) is 0 Å². The Labute approximate surface area is 292 Å². The van der Waals surface area contributed by atoms with Crippen LogP contribution in [0.1, 0.15) is 60.9 Å². The maximum absolute atomic E-state index is 5.37. The Morgan fingerprint density at radius 2 is 1.39 bits per heavy atom. The molecule has 0 amide bonds. The molecule has 3 aliphatic rings. The second-order valence-corrected chi connectivity index (χ2v) is 13.8. The summed E-state index contributed by atoms with van der Waals surface area (Å²) in [5.74, 6) is 0.724. The molecule has 1 aliphatic heterocycles. The predicted molar refractivity (Wildman–Crippen MR) is 211 cm³/mol. The fourth-order valence-electron chi connectivity index (χ4n) is 8.32. The molecule has 0 N–H and O–H groups in total. The van der Waals surface area contributed by atoms with Gasteiger partial charge in [-0.15, -0.1) is 0 Å². The number of nitrogens with zero attached hydrogens (tertiary/aromatic N) is 1. The minimum Gasteiger partial charge on any atom is -0.257 e. The molecule has 0 saturated carbocycles. The molecule has 0 saturated heterocycles. The average Bonchev–Trinajstić information content (AvgIpc) is 3.17. The van der Waals surface area contributed by atoms with Crippen LogP contribution in [0, 0.1) is 11.8 Å². The van der Waals surface area contributed by atoms with Crippen molar-refractivity contribution in [3.8, 4) is 11.1 Å². The zero-order valence-corrected chi connectivity index (χ0v) is 28.5. The van der Waals surface area contributed by atoms with Crippen molar-refractivity contribution in [1.29, 1.82) is 0 Å². The van der Waals surface area contributed by atoms with Crippen molar-refractivity contribution in [3.05, 3.63) is 197 Å². The van der Waals surface area contributed by atoms with Gasteiger partial charge in [0.05, 0.1) is 11.1 Å². The SMILES string of the molecule is C/C(=N\C(=C1\C=CC=CC1C)c1ccc(-c2cccc(C3(c4ccccc4)c4ccccc4Bc4ccccc43)c2)cc1)C1C=CCCC1.